The first-order valence-corrected chi connectivity index (χ1v) is 10.6. The van der Waals surface area contributed by atoms with Gasteiger partial charge < -0.3 is 10.6 Å². The van der Waals surface area contributed by atoms with Gasteiger partial charge in [-0.05, 0) is 32.3 Å². The Balaban J connectivity index is 0.00000341. The summed E-state index contributed by atoms with van der Waals surface area (Å²) in [5.41, 5.74) is 2.07. The Kier molecular flexibility index (Phi) is 10.2. The summed E-state index contributed by atoms with van der Waals surface area (Å²) in [6.07, 6.45) is 2.07. The van der Waals surface area contributed by atoms with Gasteiger partial charge in [0.05, 0.1) is 17.0 Å². The largest absolute Gasteiger partial charge is 0.357 e. The number of nitro benzene ring substituents is 1. The van der Waals surface area contributed by atoms with Crippen molar-refractivity contribution in [2.24, 2.45) is 4.99 Å². The highest BCUT2D eigenvalue weighted by molar-refractivity contribution is 14.0. The number of nitrogens with one attached hydrogen (secondary N) is 2. The van der Waals surface area contributed by atoms with E-state index in [1.165, 1.54) is 11.6 Å². The molecule has 1 fully saturated rings. The van der Waals surface area contributed by atoms with Crippen LogP contribution in [0.2, 0.25) is 0 Å². The molecule has 1 aliphatic rings. The SMILES string of the molecule is CCNC(=NCc1ccccc1[N+](=O)[O-])NC1CCN(Cc2ccccc2)C(C)C1.I. The van der Waals surface area contributed by atoms with Crippen LogP contribution in [0.25, 0.3) is 0 Å². The lowest BCUT2D eigenvalue weighted by Gasteiger charge is -2.38. The number of nitro groups is 1. The van der Waals surface area contributed by atoms with E-state index in [1.807, 2.05) is 13.0 Å². The quantitative estimate of drug-likeness (QED) is 0.181. The van der Waals surface area contributed by atoms with E-state index < -0.39 is 0 Å². The molecule has 0 amide bonds. The number of hydrogen-bond acceptors (Lipinski definition) is 4. The molecule has 1 aliphatic heterocycles. The van der Waals surface area contributed by atoms with E-state index in [1.54, 1.807) is 12.1 Å². The lowest BCUT2D eigenvalue weighted by Crippen LogP contribution is -2.51. The van der Waals surface area contributed by atoms with Crippen molar-refractivity contribution in [3.63, 3.8) is 0 Å². The molecule has 3 rings (SSSR count). The fourth-order valence-corrected chi connectivity index (χ4v) is 3.90. The van der Waals surface area contributed by atoms with Gasteiger partial charge in [-0.2, -0.15) is 0 Å². The Bertz CT molecular complexity index is 862. The van der Waals surface area contributed by atoms with Gasteiger partial charge in [0.25, 0.3) is 5.69 Å². The molecule has 1 saturated heterocycles. The number of nitrogens with zero attached hydrogens (tertiary/aromatic N) is 3. The van der Waals surface area contributed by atoms with E-state index in [9.17, 15) is 10.1 Å². The molecule has 8 heteroatoms. The molecule has 0 aliphatic carbocycles. The first-order chi connectivity index (χ1) is 14.6. The minimum Gasteiger partial charge on any atom is -0.357 e. The fourth-order valence-electron chi connectivity index (χ4n) is 3.90. The smallest absolute Gasteiger partial charge is 0.274 e. The summed E-state index contributed by atoms with van der Waals surface area (Å²) >= 11 is 0. The molecule has 0 spiro atoms. The summed E-state index contributed by atoms with van der Waals surface area (Å²) in [7, 11) is 0. The number of likely N-dealkylation sites (tertiary alicyclic amines) is 1. The summed E-state index contributed by atoms with van der Waals surface area (Å²) in [5.74, 6) is 0.712. The maximum atomic E-state index is 11.2. The van der Waals surface area contributed by atoms with E-state index in [4.69, 9.17) is 0 Å². The van der Waals surface area contributed by atoms with E-state index in [0.29, 0.717) is 23.6 Å². The van der Waals surface area contributed by atoms with Gasteiger partial charge in [0, 0.05) is 37.8 Å². The van der Waals surface area contributed by atoms with E-state index in [0.717, 1.165) is 32.5 Å². The Hall–Kier alpha value is -2.20. The van der Waals surface area contributed by atoms with Crippen LogP contribution in [-0.2, 0) is 13.1 Å². The highest BCUT2D eigenvalue weighted by Gasteiger charge is 2.26. The maximum absolute atomic E-state index is 11.2. The van der Waals surface area contributed by atoms with Crippen LogP contribution < -0.4 is 10.6 Å². The lowest BCUT2D eigenvalue weighted by molar-refractivity contribution is -0.385. The second kappa shape index (κ2) is 12.6. The number of guanidine groups is 1. The summed E-state index contributed by atoms with van der Waals surface area (Å²) in [4.78, 5) is 18.0. The van der Waals surface area contributed by atoms with E-state index in [-0.39, 0.29) is 41.1 Å². The third-order valence-corrected chi connectivity index (χ3v) is 5.52. The molecule has 1 heterocycles. The third-order valence-electron chi connectivity index (χ3n) is 5.52. The standard InChI is InChI=1S/C23H31N5O2.HI/c1-3-24-23(25-16-20-11-7-8-12-22(20)28(29)30)26-21-13-14-27(18(2)15-21)17-19-9-5-4-6-10-19;/h4-12,18,21H,3,13-17H2,1-2H3,(H2,24,25,26);1H. The van der Waals surface area contributed by atoms with Gasteiger partial charge in [0.15, 0.2) is 5.96 Å². The topological polar surface area (TPSA) is 82.8 Å². The molecular formula is C23H32IN5O2. The average Bonchev–Trinajstić information content (AvgIpc) is 2.75. The number of halogens is 1. The van der Waals surface area contributed by atoms with Gasteiger partial charge in [-0.3, -0.25) is 15.0 Å². The summed E-state index contributed by atoms with van der Waals surface area (Å²) in [5, 5.41) is 18.0. The van der Waals surface area contributed by atoms with Crippen molar-refractivity contribution in [2.75, 3.05) is 13.1 Å². The molecule has 2 aromatic carbocycles. The fraction of sp³-hybridized carbons (Fsp3) is 0.435. The first kappa shape index (κ1) is 25.1. The van der Waals surface area contributed by atoms with Crippen molar-refractivity contribution in [1.29, 1.82) is 0 Å². The Labute approximate surface area is 201 Å². The second-order valence-corrected chi connectivity index (χ2v) is 7.75. The number of piperidine rings is 1. The van der Waals surface area contributed by atoms with Crippen LogP contribution in [0.5, 0.6) is 0 Å². The van der Waals surface area contributed by atoms with Gasteiger partial charge in [0.2, 0.25) is 0 Å². The highest BCUT2D eigenvalue weighted by atomic mass is 127. The Morgan fingerprint density at radius 3 is 2.58 bits per heavy atom. The van der Waals surface area contributed by atoms with Crippen LogP contribution in [-0.4, -0.2) is 41.0 Å². The number of para-hydroxylation sites is 1. The van der Waals surface area contributed by atoms with Gasteiger partial charge in [-0.1, -0.05) is 48.5 Å². The number of benzene rings is 2. The zero-order chi connectivity index (χ0) is 21.3. The first-order valence-electron chi connectivity index (χ1n) is 10.6. The van der Waals surface area contributed by atoms with Crippen LogP contribution >= 0.6 is 24.0 Å². The van der Waals surface area contributed by atoms with Crippen molar-refractivity contribution in [3.05, 3.63) is 75.8 Å². The van der Waals surface area contributed by atoms with Crippen molar-refractivity contribution >= 4 is 35.6 Å². The van der Waals surface area contributed by atoms with Crippen molar-refractivity contribution in [2.45, 2.75) is 51.9 Å². The summed E-state index contributed by atoms with van der Waals surface area (Å²) in [6.45, 7) is 7.30. The molecule has 7 nitrogen and oxygen atoms in total. The molecular weight excluding hydrogens is 505 g/mol. The summed E-state index contributed by atoms with van der Waals surface area (Å²) < 4.78 is 0. The molecule has 2 N–H and O–H groups in total. The van der Waals surface area contributed by atoms with Crippen molar-refractivity contribution < 1.29 is 4.92 Å². The van der Waals surface area contributed by atoms with E-state index in [2.05, 4.69) is 57.8 Å². The minimum absolute atomic E-state index is 0. The van der Waals surface area contributed by atoms with Crippen LogP contribution in [0, 0.1) is 10.1 Å². The molecule has 0 bridgehead atoms. The maximum Gasteiger partial charge on any atom is 0.274 e. The van der Waals surface area contributed by atoms with Crippen LogP contribution in [0.1, 0.15) is 37.8 Å². The second-order valence-electron chi connectivity index (χ2n) is 7.75. The number of aliphatic imine (C=N–C) groups is 1. The van der Waals surface area contributed by atoms with Gasteiger partial charge in [0.1, 0.15) is 0 Å². The monoisotopic (exact) mass is 537 g/mol. The normalized spacial score (nSPS) is 19.4. The molecule has 2 atom stereocenters. The van der Waals surface area contributed by atoms with Gasteiger partial charge in [-0.25, -0.2) is 4.99 Å². The highest BCUT2D eigenvalue weighted by Crippen LogP contribution is 2.21. The molecule has 2 aromatic rings. The van der Waals surface area contributed by atoms with Crippen molar-refractivity contribution in [1.82, 2.24) is 15.5 Å². The van der Waals surface area contributed by atoms with Crippen LogP contribution in [0.3, 0.4) is 0 Å². The zero-order valence-electron chi connectivity index (χ0n) is 18.2. The Morgan fingerprint density at radius 1 is 1.19 bits per heavy atom. The van der Waals surface area contributed by atoms with Crippen LogP contribution in [0.4, 0.5) is 5.69 Å². The molecule has 31 heavy (non-hydrogen) atoms. The predicted molar refractivity (Wildman–Crippen MR) is 136 cm³/mol. The Morgan fingerprint density at radius 2 is 1.90 bits per heavy atom. The van der Waals surface area contributed by atoms with Gasteiger partial charge >= 0.3 is 0 Å². The molecule has 2 unspecified atom stereocenters. The molecule has 0 radical (unpaired) electrons. The van der Waals surface area contributed by atoms with Crippen molar-refractivity contribution in [3.8, 4) is 0 Å². The minimum atomic E-state index is -0.352. The molecule has 168 valence electrons. The molecule has 0 aromatic heterocycles. The predicted octanol–water partition coefficient (Wildman–Crippen LogP) is 4.32. The van der Waals surface area contributed by atoms with Crippen LogP contribution in [0.15, 0.2) is 59.6 Å². The van der Waals surface area contributed by atoms with E-state index >= 15 is 0 Å². The molecule has 0 saturated carbocycles. The number of hydrogen-bond donors (Lipinski definition) is 2. The zero-order valence-corrected chi connectivity index (χ0v) is 20.5. The third kappa shape index (κ3) is 7.46. The summed E-state index contributed by atoms with van der Waals surface area (Å²) in [6, 6.07) is 18.1. The lowest BCUT2D eigenvalue weighted by atomic mass is 9.97. The van der Waals surface area contributed by atoms with Gasteiger partial charge in [-0.15, -0.1) is 24.0 Å². The number of rotatable bonds is 7. The average molecular weight is 537 g/mol.